The van der Waals surface area contributed by atoms with Gasteiger partial charge in [-0.2, -0.15) is 0 Å². The largest absolute Gasteiger partial charge is 0.323 e. The summed E-state index contributed by atoms with van der Waals surface area (Å²) in [6.45, 7) is 2.76. The summed E-state index contributed by atoms with van der Waals surface area (Å²) in [5, 5.41) is 2.53. The zero-order chi connectivity index (χ0) is 14.8. The van der Waals surface area contributed by atoms with Crippen molar-refractivity contribution >= 4 is 51.1 Å². The number of hydrogen-bond donors (Lipinski definition) is 1. The number of nitrogens with zero attached hydrogens (tertiary/aromatic N) is 2. The second-order valence-corrected chi connectivity index (χ2v) is 7.42. The molecule has 2 heterocycles. The average molecular weight is 321 g/mol. The molecule has 0 aromatic heterocycles. The molecule has 0 saturated heterocycles. The molecule has 21 heavy (non-hydrogen) atoms. The van der Waals surface area contributed by atoms with Gasteiger partial charge in [0.05, 0.1) is 23.2 Å². The quantitative estimate of drug-likeness (QED) is 0.907. The van der Waals surface area contributed by atoms with E-state index in [1.165, 1.54) is 11.8 Å². The summed E-state index contributed by atoms with van der Waals surface area (Å²) in [7, 11) is 0. The Morgan fingerprint density at radius 2 is 2.29 bits per heavy atom. The third-order valence-corrected chi connectivity index (χ3v) is 5.51. The minimum absolute atomic E-state index is 0.0579. The number of nitrogens with one attached hydrogen (secondary N) is 1. The molecule has 0 bridgehead atoms. The van der Waals surface area contributed by atoms with Gasteiger partial charge in [0.1, 0.15) is 10.9 Å². The van der Waals surface area contributed by atoms with Crippen molar-refractivity contribution in [2.45, 2.75) is 12.2 Å². The third kappa shape index (κ3) is 3.08. The van der Waals surface area contributed by atoms with Gasteiger partial charge in [-0.1, -0.05) is 35.7 Å². The van der Waals surface area contributed by atoms with Crippen LogP contribution in [0.5, 0.6) is 0 Å². The molecule has 0 fully saturated rings. The summed E-state index contributed by atoms with van der Waals surface area (Å²) in [6, 6.07) is 7.37. The maximum Gasteiger partial charge on any atom is 0.244 e. The van der Waals surface area contributed by atoms with E-state index in [0.29, 0.717) is 5.69 Å². The number of benzene rings is 1. The summed E-state index contributed by atoms with van der Waals surface area (Å²) < 4.78 is 0.964. The fraction of sp³-hybridized carbons (Fsp3) is 0.357. The van der Waals surface area contributed by atoms with E-state index in [0.717, 1.165) is 22.4 Å². The summed E-state index contributed by atoms with van der Waals surface area (Å²) in [5.74, 6) is 0.766. The van der Waals surface area contributed by atoms with Crippen LogP contribution >= 0.6 is 23.5 Å². The number of carbonyl (C=O) groups is 2. The Morgan fingerprint density at radius 3 is 3.05 bits per heavy atom. The predicted molar refractivity (Wildman–Crippen MR) is 89.2 cm³/mol. The molecule has 1 aromatic carbocycles. The van der Waals surface area contributed by atoms with Crippen LogP contribution in [0.2, 0.25) is 0 Å². The number of fused-ring (bicyclic) bond motifs is 1. The highest BCUT2D eigenvalue weighted by Gasteiger charge is 2.30. The molecule has 110 valence electrons. The zero-order valence-electron chi connectivity index (χ0n) is 11.5. The monoisotopic (exact) mass is 321 g/mol. The number of hydrogen-bond acceptors (Lipinski definition) is 5. The maximum absolute atomic E-state index is 12.7. The molecule has 0 unspecified atom stereocenters. The van der Waals surface area contributed by atoms with Gasteiger partial charge in [-0.05, 0) is 19.1 Å². The molecule has 2 amide bonds. The molecule has 0 saturated carbocycles. The van der Waals surface area contributed by atoms with E-state index in [-0.39, 0.29) is 23.6 Å². The van der Waals surface area contributed by atoms with Crippen LogP contribution in [-0.2, 0) is 9.59 Å². The van der Waals surface area contributed by atoms with Crippen molar-refractivity contribution in [2.24, 2.45) is 4.99 Å². The van der Waals surface area contributed by atoms with Gasteiger partial charge in [0.25, 0.3) is 0 Å². The van der Waals surface area contributed by atoms with Crippen molar-refractivity contribution in [1.82, 2.24) is 0 Å². The molecule has 0 spiro atoms. The molecule has 7 heteroatoms. The number of aliphatic imine (C=N–C) groups is 1. The van der Waals surface area contributed by atoms with Crippen molar-refractivity contribution in [3.8, 4) is 0 Å². The summed E-state index contributed by atoms with van der Waals surface area (Å²) >= 11 is 3.16. The standard InChI is InChI=1S/C14H15N3O2S2/c1-9(21-14-15-6-7-20-14)13(19)17-8-12(18)16-10-4-2-3-5-11(10)17/h2-5,9H,6-8H2,1H3,(H,16,18)/t9-/m1/s1. The minimum atomic E-state index is -0.256. The first-order chi connectivity index (χ1) is 10.1. The van der Waals surface area contributed by atoms with E-state index in [2.05, 4.69) is 10.3 Å². The second-order valence-electron chi connectivity index (χ2n) is 4.75. The summed E-state index contributed by atoms with van der Waals surface area (Å²) in [4.78, 5) is 30.3. The highest BCUT2D eigenvalue weighted by Crippen LogP contribution is 2.32. The first kappa shape index (κ1) is 14.5. The van der Waals surface area contributed by atoms with Crippen LogP contribution in [0.15, 0.2) is 29.3 Å². The highest BCUT2D eigenvalue weighted by molar-refractivity contribution is 8.39. The fourth-order valence-electron chi connectivity index (χ4n) is 2.24. The Bertz CT molecular complexity index is 618. The number of rotatable bonds is 2. The van der Waals surface area contributed by atoms with Crippen LogP contribution in [0, 0.1) is 0 Å². The summed E-state index contributed by atoms with van der Waals surface area (Å²) in [6.07, 6.45) is 0. The van der Waals surface area contributed by atoms with Crippen molar-refractivity contribution in [1.29, 1.82) is 0 Å². The molecule has 2 aliphatic rings. The Labute approximate surface area is 131 Å². The van der Waals surface area contributed by atoms with Crippen molar-refractivity contribution < 1.29 is 9.59 Å². The molecule has 1 atom stereocenters. The third-order valence-electron chi connectivity index (χ3n) is 3.22. The van der Waals surface area contributed by atoms with E-state index in [4.69, 9.17) is 0 Å². The first-order valence-electron chi connectivity index (χ1n) is 6.69. The predicted octanol–water partition coefficient (Wildman–Crippen LogP) is 2.20. The van der Waals surface area contributed by atoms with Crippen LogP contribution in [0.4, 0.5) is 11.4 Å². The molecule has 1 aromatic rings. The van der Waals surface area contributed by atoms with E-state index in [1.807, 2.05) is 25.1 Å². The van der Waals surface area contributed by atoms with Crippen molar-refractivity contribution in [3.05, 3.63) is 24.3 Å². The molecule has 3 rings (SSSR count). The Morgan fingerprint density at radius 1 is 1.48 bits per heavy atom. The molecule has 0 aliphatic carbocycles. The molecular weight excluding hydrogens is 306 g/mol. The number of carbonyl (C=O) groups excluding carboxylic acids is 2. The van der Waals surface area contributed by atoms with E-state index in [1.54, 1.807) is 22.7 Å². The number of thioether (sulfide) groups is 2. The SMILES string of the molecule is C[C@@H](SC1=NCCS1)C(=O)N1CC(=O)Nc2ccccc21. The highest BCUT2D eigenvalue weighted by atomic mass is 32.2. The van der Waals surface area contributed by atoms with Gasteiger partial charge >= 0.3 is 0 Å². The Kier molecular flexibility index (Phi) is 4.21. The molecule has 0 radical (unpaired) electrons. The fourth-order valence-corrected chi connectivity index (χ4v) is 4.43. The summed E-state index contributed by atoms with van der Waals surface area (Å²) in [5.41, 5.74) is 1.45. The average Bonchev–Trinajstić information content (AvgIpc) is 2.98. The van der Waals surface area contributed by atoms with Crippen LogP contribution in [0.25, 0.3) is 0 Å². The lowest BCUT2D eigenvalue weighted by atomic mass is 10.2. The van der Waals surface area contributed by atoms with Gasteiger partial charge in [-0.25, -0.2) is 0 Å². The van der Waals surface area contributed by atoms with Crippen LogP contribution in [0.1, 0.15) is 6.92 Å². The topological polar surface area (TPSA) is 61.8 Å². The van der Waals surface area contributed by atoms with E-state index in [9.17, 15) is 9.59 Å². The van der Waals surface area contributed by atoms with E-state index < -0.39 is 0 Å². The minimum Gasteiger partial charge on any atom is -0.323 e. The van der Waals surface area contributed by atoms with Gasteiger partial charge in [-0.15, -0.1) is 0 Å². The lowest BCUT2D eigenvalue weighted by Gasteiger charge is -2.30. The zero-order valence-corrected chi connectivity index (χ0v) is 13.2. The normalized spacial score (nSPS) is 18.8. The smallest absolute Gasteiger partial charge is 0.244 e. The van der Waals surface area contributed by atoms with Crippen molar-refractivity contribution in [2.75, 3.05) is 29.1 Å². The lowest BCUT2D eigenvalue weighted by molar-refractivity contribution is -0.121. The number of anilines is 2. The van der Waals surface area contributed by atoms with Crippen LogP contribution in [-0.4, -0.2) is 40.3 Å². The molecule has 1 N–H and O–H groups in total. The van der Waals surface area contributed by atoms with Gasteiger partial charge in [0.15, 0.2) is 0 Å². The van der Waals surface area contributed by atoms with Gasteiger partial charge in [0.2, 0.25) is 11.8 Å². The van der Waals surface area contributed by atoms with Crippen LogP contribution < -0.4 is 10.2 Å². The Balaban J connectivity index is 1.79. The van der Waals surface area contributed by atoms with Gasteiger partial charge in [0, 0.05) is 5.75 Å². The first-order valence-corrected chi connectivity index (χ1v) is 8.56. The maximum atomic E-state index is 12.7. The van der Waals surface area contributed by atoms with Crippen LogP contribution in [0.3, 0.4) is 0 Å². The number of amides is 2. The second kappa shape index (κ2) is 6.11. The lowest BCUT2D eigenvalue weighted by Crippen LogP contribution is -2.45. The molecule has 5 nitrogen and oxygen atoms in total. The van der Waals surface area contributed by atoms with Gasteiger partial charge < -0.3 is 5.32 Å². The Hall–Kier alpha value is -1.47. The molecular formula is C14H15N3O2S2. The number of para-hydroxylation sites is 2. The van der Waals surface area contributed by atoms with Crippen molar-refractivity contribution in [3.63, 3.8) is 0 Å². The molecule has 2 aliphatic heterocycles. The van der Waals surface area contributed by atoms with E-state index >= 15 is 0 Å². The van der Waals surface area contributed by atoms with Gasteiger partial charge in [-0.3, -0.25) is 19.5 Å².